The number of benzene rings is 2. The number of ether oxygens (including phenoxy) is 1. The Labute approximate surface area is 191 Å². The zero-order valence-corrected chi connectivity index (χ0v) is 19.0. The summed E-state index contributed by atoms with van der Waals surface area (Å²) < 4.78 is 25.0. The molecular weight excluding hydrogens is 483 g/mol. The Morgan fingerprint density at radius 1 is 1.19 bits per heavy atom. The zero-order chi connectivity index (χ0) is 23.0. The van der Waals surface area contributed by atoms with Crippen molar-refractivity contribution < 1.29 is 27.9 Å². The van der Waals surface area contributed by atoms with Crippen LogP contribution in [0.15, 0.2) is 51.4 Å². The molecule has 1 aromatic heterocycles. The number of urea groups is 1. The number of hydrogen-bond acceptors (Lipinski definition) is 5. The molecule has 1 saturated heterocycles. The molecule has 0 radical (unpaired) electrons. The summed E-state index contributed by atoms with van der Waals surface area (Å²) in [5.74, 6) is -1.67. The number of furan rings is 1. The van der Waals surface area contributed by atoms with Crippen LogP contribution in [0.5, 0.6) is 0 Å². The third kappa shape index (κ3) is 3.56. The van der Waals surface area contributed by atoms with Crippen LogP contribution in [0.25, 0.3) is 11.0 Å². The van der Waals surface area contributed by atoms with E-state index in [1.165, 1.54) is 24.3 Å². The highest BCUT2D eigenvalue weighted by Gasteiger charge is 2.51. The van der Waals surface area contributed by atoms with Crippen LogP contribution in [-0.4, -0.2) is 29.4 Å². The predicted molar refractivity (Wildman–Crippen MR) is 117 cm³/mol. The van der Waals surface area contributed by atoms with Gasteiger partial charge in [-0.25, -0.2) is 14.0 Å². The number of nitrogens with one attached hydrogen (secondary N) is 1. The summed E-state index contributed by atoms with van der Waals surface area (Å²) in [4.78, 5) is 40.0. The third-order valence-electron chi connectivity index (χ3n) is 5.57. The van der Waals surface area contributed by atoms with E-state index < -0.39 is 29.3 Å². The van der Waals surface area contributed by atoms with Crippen LogP contribution < -0.4 is 5.32 Å². The summed E-state index contributed by atoms with van der Waals surface area (Å²) >= 11 is 3.40. The number of rotatable bonds is 6. The van der Waals surface area contributed by atoms with Gasteiger partial charge in [-0.3, -0.25) is 9.69 Å². The Bertz CT molecular complexity index is 1220. The van der Waals surface area contributed by atoms with Gasteiger partial charge in [0.2, 0.25) is 5.76 Å². The number of fused-ring (bicyclic) bond motifs is 1. The first-order chi connectivity index (χ1) is 15.3. The minimum atomic E-state index is -1.32. The number of nitrogens with zero attached hydrogens (tertiary/aromatic N) is 1. The van der Waals surface area contributed by atoms with E-state index in [-0.39, 0.29) is 25.3 Å². The van der Waals surface area contributed by atoms with Gasteiger partial charge in [0.15, 0.2) is 0 Å². The Balaban J connectivity index is 1.77. The first kappa shape index (κ1) is 22.0. The fourth-order valence-corrected chi connectivity index (χ4v) is 4.30. The molecule has 1 atom stereocenters. The smallest absolute Gasteiger partial charge is 0.374 e. The number of esters is 1. The summed E-state index contributed by atoms with van der Waals surface area (Å²) in [6.45, 7) is 3.39. The first-order valence-corrected chi connectivity index (χ1v) is 10.9. The van der Waals surface area contributed by atoms with Crippen molar-refractivity contribution in [2.45, 2.75) is 32.4 Å². The summed E-state index contributed by atoms with van der Waals surface area (Å²) in [5.41, 5.74) is -0.0462. The maximum Gasteiger partial charge on any atom is 0.374 e. The van der Waals surface area contributed by atoms with Crippen molar-refractivity contribution >= 4 is 44.8 Å². The highest BCUT2D eigenvalue weighted by Crippen LogP contribution is 2.36. The first-order valence-electron chi connectivity index (χ1n) is 10.1. The SMILES string of the molecule is CCOC(=O)c1oc2ccc(Br)cc2c1CN1C(=O)N[C@@](CC)(c2ccc(F)cc2)C1=O. The lowest BCUT2D eigenvalue weighted by Gasteiger charge is -2.25. The van der Waals surface area contributed by atoms with Gasteiger partial charge in [0.1, 0.15) is 16.9 Å². The molecule has 1 aliphatic heterocycles. The maximum atomic E-state index is 13.5. The lowest BCUT2D eigenvalue weighted by atomic mass is 9.87. The van der Waals surface area contributed by atoms with Crippen molar-refractivity contribution in [1.82, 2.24) is 10.2 Å². The molecular formula is C23H20BrFN2O5. The number of hydrogen-bond donors (Lipinski definition) is 1. The third-order valence-corrected chi connectivity index (χ3v) is 6.07. The van der Waals surface area contributed by atoms with Gasteiger partial charge in [0.05, 0.1) is 13.2 Å². The van der Waals surface area contributed by atoms with Gasteiger partial charge < -0.3 is 14.5 Å². The average molecular weight is 503 g/mol. The van der Waals surface area contributed by atoms with Crippen LogP contribution in [0.2, 0.25) is 0 Å². The van der Waals surface area contributed by atoms with Crippen molar-refractivity contribution in [3.05, 3.63) is 69.6 Å². The zero-order valence-electron chi connectivity index (χ0n) is 17.4. The number of halogens is 2. The van der Waals surface area contributed by atoms with Crippen LogP contribution in [0.3, 0.4) is 0 Å². The molecule has 1 N–H and O–H groups in total. The van der Waals surface area contributed by atoms with Gasteiger partial charge in [-0.15, -0.1) is 0 Å². The number of carbonyl (C=O) groups excluding carboxylic acids is 3. The topological polar surface area (TPSA) is 88.8 Å². The molecule has 3 amide bonds. The van der Waals surface area contributed by atoms with E-state index in [4.69, 9.17) is 9.15 Å². The molecule has 166 valence electrons. The van der Waals surface area contributed by atoms with E-state index in [0.29, 0.717) is 22.1 Å². The Hall–Kier alpha value is -3.20. The highest BCUT2D eigenvalue weighted by molar-refractivity contribution is 9.10. The van der Waals surface area contributed by atoms with Gasteiger partial charge in [0.25, 0.3) is 5.91 Å². The van der Waals surface area contributed by atoms with E-state index in [1.54, 1.807) is 32.0 Å². The number of amides is 3. The van der Waals surface area contributed by atoms with Crippen LogP contribution in [0.1, 0.15) is 41.9 Å². The van der Waals surface area contributed by atoms with E-state index in [9.17, 15) is 18.8 Å². The molecule has 1 aliphatic rings. The molecule has 0 aliphatic carbocycles. The predicted octanol–water partition coefficient (Wildman–Crippen LogP) is 4.87. The molecule has 2 heterocycles. The molecule has 0 saturated carbocycles. The summed E-state index contributed by atoms with van der Waals surface area (Å²) in [7, 11) is 0. The Kier molecular flexibility index (Phi) is 5.77. The molecule has 0 unspecified atom stereocenters. The molecule has 0 bridgehead atoms. The molecule has 2 aromatic carbocycles. The van der Waals surface area contributed by atoms with E-state index in [2.05, 4.69) is 21.2 Å². The number of imide groups is 1. The van der Waals surface area contributed by atoms with Crippen molar-refractivity contribution in [3.63, 3.8) is 0 Å². The van der Waals surface area contributed by atoms with Crippen molar-refractivity contribution in [3.8, 4) is 0 Å². The monoisotopic (exact) mass is 502 g/mol. The standard InChI is InChI=1S/C23H20BrFN2O5/c1-3-23(13-5-8-15(25)9-6-13)21(29)27(22(30)26-23)12-17-16-11-14(24)7-10-18(16)32-19(17)20(28)31-4-2/h5-11H,3-4,12H2,1-2H3,(H,26,30)/t23-/m0/s1. The van der Waals surface area contributed by atoms with E-state index in [1.807, 2.05) is 0 Å². The normalized spacial score (nSPS) is 18.3. The lowest BCUT2D eigenvalue weighted by molar-refractivity contribution is -0.132. The molecule has 9 heteroatoms. The summed E-state index contributed by atoms with van der Waals surface area (Å²) in [5, 5.41) is 3.34. The van der Waals surface area contributed by atoms with Crippen LogP contribution in [-0.2, 0) is 21.6 Å². The van der Waals surface area contributed by atoms with Gasteiger partial charge in [-0.2, -0.15) is 0 Å². The number of carbonyl (C=O) groups is 3. The van der Waals surface area contributed by atoms with Crippen LogP contribution in [0.4, 0.5) is 9.18 Å². The quantitative estimate of drug-likeness (QED) is 0.383. The Morgan fingerprint density at radius 2 is 1.91 bits per heavy atom. The second-order valence-corrected chi connectivity index (χ2v) is 8.27. The van der Waals surface area contributed by atoms with Crippen molar-refractivity contribution in [2.75, 3.05) is 6.61 Å². The average Bonchev–Trinajstić information content (AvgIpc) is 3.25. The highest BCUT2D eigenvalue weighted by atomic mass is 79.9. The van der Waals surface area contributed by atoms with Crippen molar-refractivity contribution in [2.24, 2.45) is 0 Å². The minimum Gasteiger partial charge on any atom is -0.460 e. The fraction of sp³-hybridized carbons (Fsp3) is 0.261. The lowest BCUT2D eigenvalue weighted by Crippen LogP contribution is -2.43. The largest absolute Gasteiger partial charge is 0.460 e. The second kappa shape index (κ2) is 8.38. The minimum absolute atomic E-state index is 0.0590. The van der Waals surface area contributed by atoms with Gasteiger partial charge >= 0.3 is 12.0 Å². The van der Waals surface area contributed by atoms with E-state index in [0.717, 1.165) is 9.37 Å². The molecule has 7 nitrogen and oxygen atoms in total. The maximum absolute atomic E-state index is 13.5. The summed E-state index contributed by atoms with van der Waals surface area (Å²) in [6, 6.07) is 10.0. The molecule has 0 spiro atoms. The molecule has 4 rings (SSSR count). The molecule has 32 heavy (non-hydrogen) atoms. The van der Waals surface area contributed by atoms with Gasteiger partial charge in [-0.05, 0) is 49.2 Å². The Morgan fingerprint density at radius 3 is 2.56 bits per heavy atom. The van der Waals surface area contributed by atoms with Crippen LogP contribution >= 0.6 is 15.9 Å². The van der Waals surface area contributed by atoms with Crippen molar-refractivity contribution in [1.29, 1.82) is 0 Å². The van der Waals surface area contributed by atoms with Gasteiger partial charge in [0, 0.05) is 15.4 Å². The second-order valence-electron chi connectivity index (χ2n) is 7.36. The molecule has 1 fully saturated rings. The van der Waals surface area contributed by atoms with E-state index >= 15 is 0 Å². The van der Waals surface area contributed by atoms with Gasteiger partial charge in [-0.1, -0.05) is 35.0 Å². The summed E-state index contributed by atoms with van der Waals surface area (Å²) in [6.07, 6.45) is 0.266. The molecule has 3 aromatic rings. The fourth-order valence-electron chi connectivity index (χ4n) is 3.94. The van der Waals surface area contributed by atoms with Crippen LogP contribution in [0, 0.1) is 5.82 Å².